The normalized spacial score (nSPS) is 16.3. The van der Waals surface area contributed by atoms with Crippen molar-refractivity contribution in [3.63, 3.8) is 0 Å². The third-order valence-electron chi connectivity index (χ3n) is 6.73. The number of hydrogen-bond donors (Lipinski definition) is 0. The second-order valence-corrected chi connectivity index (χ2v) is 8.87. The average Bonchev–Trinajstić information content (AvgIpc) is 3.38. The first-order valence-electron chi connectivity index (χ1n) is 12.0. The van der Waals surface area contributed by atoms with Gasteiger partial charge in [0.25, 0.3) is 5.91 Å². The van der Waals surface area contributed by atoms with Gasteiger partial charge in [0.2, 0.25) is 0 Å². The van der Waals surface area contributed by atoms with Crippen molar-refractivity contribution < 1.29 is 32.2 Å². The van der Waals surface area contributed by atoms with Crippen LogP contribution in [0.3, 0.4) is 0 Å². The highest BCUT2D eigenvalue weighted by atomic mass is 19.4. The molecular weight excluding hydrogens is 473 g/mol. The van der Waals surface area contributed by atoms with Gasteiger partial charge in [0, 0.05) is 44.3 Å². The van der Waals surface area contributed by atoms with Gasteiger partial charge in [0.05, 0.1) is 23.6 Å². The van der Waals surface area contributed by atoms with Crippen LogP contribution >= 0.6 is 0 Å². The molecule has 0 N–H and O–H groups in total. The van der Waals surface area contributed by atoms with Crippen molar-refractivity contribution in [1.29, 1.82) is 0 Å². The van der Waals surface area contributed by atoms with Crippen LogP contribution in [0, 0.1) is 0 Å². The zero-order valence-electron chi connectivity index (χ0n) is 19.9. The number of hydrogen-bond acceptors (Lipinski definition) is 4. The van der Waals surface area contributed by atoms with Crippen LogP contribution in [0.5, 0.6) is 11.5 Å². The zero-order chi connectivity index (χ0) is 25.3. The highest BCUT2D eigenvalue weighted by molar-refractivity contribution is 5.94. The Morgan fingerprint density at radius 1 is 1.06 bits per heavy atom. The summed E-state index contributed by atoms with van der Waals surface area (Å²) in [6.45, 7) is 3.13. The predicted molar refractivity (Wildman–Crippen MR) is 127 cm³/mol. The number of benzene rings is 2. The minimum atomic E-state index is -4.65. The molecule has 190 valence electrons. The molecular formula is C27H27F3N2O4. The van der Waals surface area contributed by atoms with Crippen LogP contribution in [-0.2, 0) is 16.5 Å². The third kappa shape index (κ3) is 4.43. The average molecular weight is 501 g/mol. The van der Waals surface area contributed by atoms with Crippen molar-refractivity contribution in [3.8, 4) is 17.2 Å². The third-order valence-corrected chi connectivity index (χ3v) is 6.73. The first kappa shape index (κ1) is 24.2. The minimum absolute atomic E-state index is 0.0106. The molecule has 0 atom stereocenters. The molecule has 2 aromatic carbocycles. The monoisotopic (exact) mass is 500 g/mol. The van der Waals surface area contributed by atoms with Crippen molar-refractivity contribution in [3.05, 3.63) is 77.6 Å². The largest absolute Gasteiger partial charge is 0.491 e. The number of rotatable bonds is 6. The summed E-state index contributed by atoms with van der Waals surface area (Å²) >= 11 is 0. The fourth-order valence-corrected chi connectivity index (χ4v) is 4.94. The number of carbonyl (C=O) groups is 1. The molecule has 0 aliphatic carbocycles. The van der Waals surface area contributed by atoms with Crippen LogP contribution in [0.1, 0.15) is 41.4 Å². The molecule has 2 aliphatic rings. The summed E-state index contributed by atoms with van der Waals surface area (Å²) in [6, 6.07) is 15.3. The summed E-state index contributed by atoms with van der Waals surface area (Å²) in [5.41, 5.74) is 0.396. The van der Waals surface area contributed by atoms with Crippen molar-refractivity contribution in [2.24, 2.45) is 0 Å². The van der Waals surface area contributed by atoms with E-state index in [4.69, 9.17) is 14.2 Å². The minimum Gasteiger partial charge on any atom is -0.491 e. The van der Waals surface area contributed by atoms with Gasteiger partial charge in [-0.1, -0.05) is 12.1 Å². The molecule has 1 amide bonds. The van der Waals surface area contributed by atoms with Crippen molar-refractivity contribution in [1.82, 2.24) is 9.47 Å². The molecule has 2 aliphatic heterocycles. The van der Waals surface area contributed by atoms with Gasteiger partial charge in [-0.2, -0.15) is 13.2 Å². The second-order valence-electron chi connectivity index (χ2n) is 8.87. The molecule has 6 nitrogen and oxygen atoms in total. The number of alkyl halides is 3. The van der Waals surface area contributed by atoms with Crippen LogP contribution in [0.25, 0.3) is 5.69 Å². The molecule has 0 bridgehead atoms. The Hall–Kier alpha value is -3.46. The topological polar surface area (TPSA) is 52.9 Å². The van der Waals surface area contributed by atoms with Crippen LogP contribution in [-0.4, -0.2) is 48.3 Å². The second kappa shape index (κ2) is 9.54. The quantitative estimate of drug-likeness (QED) is 0.424. The molecule has 0 saturated carbocycles. The highest BCUT2D eigenvalue weighted by Crippen LogP contribution is 2.45. The van der Waals surface area contributed by atoms with Gasteiger partial charge >= 0.3 is 6.18 Å². The number of fused-ring (bicyclic) bond motifs is 4. The van der Waals surface area contributed by atoms with E-state index in [0.29, 0.717) is 32.5 Å². The van der Waals surface area contributed by atoms with Crippen LogP contribution in [0.2, 0.25) is 0 Å². The van der Waals surface area contributed by atoms with E-state index in [2.05, 4.69) is 4.57 Å². The Balaban J connectivity index is 1.32. The molecule has 0 radical (unpaired) electrons. The molecule has 3 heterocycles. The number of halogens is 3. The Kier molecular flexibility index (Phi) is 6.42. The van der Waals surface area contributed by atoms with E-state index in [1.165, 1.54) is 12.1 Å². The number of nitrogens with zero attached hydrogens (tertiary/aromatic N) is 2. The van der Waals surface area contributed by atoms with Gasteiger partial charge in [-0.25, -0.2) is 0 Å². The SMILES string of the molecule is CCOCCOc1ccc(C(=O)N2CCC3(CC2)Oc2ccccc2-n2cccc23)cc1C(F)(F)F. The Morgan fingerprint density at radius 2 is 1.83 bits per heavy atom. The molecule has 1 saturated heterocycles. The number of para-hydroxylation sites is 2. The number of likely N-dealkylation sites (tertiary alicyclic amines) is 1. The molecule has 36 heavy (non-hydrogen) atoms. The van der Waals surface area contributed by atoms with Crippen molar-refractivity contribution in [2.45, 2.75) is 31.5 Å². The van der Waals surface area contributed by atoms with Gasteiger partial charge in [0.1, 0.15) is 18.1 Å². The van der Waals surface area contributed by atoms with E-state index in [1.54, 1.807) is 11.8 Å². The van der Waals surface area contributed by atoms with Gasteiger partial charge in [-0.15, -0.1) is 0 Å². The summed E-state index contributed by atoms with van der Waals surface area (Å²) in [5, 5.41) is 0. The van der Waals surface area contributed by atoms with E-state index in [1.807, 2.05) is 42.6 Å². The molecule has 5 rings (SSSR count). The van der Waals surface area contributed by atoms with Crippen LogP contribution in [0.4, 0.5) is 13.2 Å². The fraction of sp³-hybridized carbons (Fsp3) is 0.370. The lowest BCUT2D eigenvalue weighted by Gasteiger charge is -2.45. The molecule has 0 unspecified atom stereocenters. The maximum Gasteiger partial charge on any atom is 0.419 e. The summed E-state index contributed by atoms with van der Waals surface area (Å²) in [4.78, 5) is 14.8. The van der Waals surface area contributed by atoms with Crippen molar-refractivity contribution >= 4 is 5.91 Å². The first-order valence-corrected chi connectivity index (χ1v) is 12.0. The highest BCUT2D eigenvalue weighted by Gasteiger charge is 2.45. The smallest absolute Gasteiger partial charge is 0.419 e. The molecule has 1 fully saturated rings. The first-order chi connectivity index (χ1) is 17.3. The number of amides is 1. The van der Waals surface area contributed by atoms with Gasteiger partial charge < -0.3 is 23.7 Å². The van der Waals surface area contributed by atoms with Gasteiger partial charge in [-0.05, 0) is 49.4 Å². The Morgan fingerprint density at radius 3 is 2.58 bits per heavy atom. The number of ether oxygens (including phenoxy) is 3. The molecule has 1 aromatic heterocycles. The lowest BCUT2D eigenvalue weighted by molar-refractivity contribution is -0.139. The standard InChI is InChI=1S/C27H27F3N2O4/c1-2-34-16-17-35-22-10-9-19(18-20(22)27(28,29)30)25(33)31-14-11-26(12-15-31)24-8-5-13-32(24)21-6-3-4-7-23(21)36-26/h3-10,13,18H,2,11-12,14-17H2,1H3. The van der Waals surface area contributed by atoms with Gasteiger partial charge in [-0.3, -0.25) is 4.79 Å². The van der Waals surface area contributed by atoms with Crippen LogP contribution in [0.15, 0.2) is 60.8 Å². The van der Waals surface area contributed by atoms with Gasteiger partial charge in [0.15, 0.2) is 5.60 Å². The Labute approximate surface area is 207 Å². The summed E-state index contributed by atoms with van der Waals surface area (Å²) < 4.78 is 60.2. The summed E-state index contributed by atoms with van der Waals surface area (Å²) in [7, 11) is 0. The fourth-order valence-electron chi connectivity index (χ4n) is 4.94. The maximum absolute atomic E-state index is 13.7. The lowest BCUT2D eigenvalue weighted by atomic mass is 9.86. The van der Waals surface area contributed by atoms with E-state index in [0.717, 1.165) is 23.2 Å². The van der Waals surface area contributed by atoms with E-state index in [-0.39, 0.29) is 24.5 Å². The van der Waals surface area contributed by atoms with E-state index in [9.17, 15) is 18.0 Å². The molecule has 9 heteroatoms. The van der Waals surface area contributed by atoms with E-state index < -0.39 is 23.2 Å². The van der Waals surface area contributed by atoms with Crippen molar-refractivity contribution in [2.75, 3.05) is 32.9 Å². The number of piperidine rings is 1. The lowest BCUT2D eigenvalue weighted by Crippen LogP contribution is -2.50. The molecule has 3 aromatic rings. The maximum atomic E-state index is 13.7. The zero-order valence-corrected chi connectivity index (χ0v) is 19.9. The Bertz CT molecular complexity index is 1250. The number of carbonyl (C=O) groups excluding carboxylic acids is 1. The summed E-state index contributed by atoms with van der Waals surface area (Å²) in [5.74, 6) is 0.0184. The number of aromatic nitrogens is 1. The predicted octanol–water partition coefficient (Wildman–Crippen LogP) is 5.44. The summed E-state index contributed by atoms with van der Waals surface area (Å²) in [6.07, 6.45) is -1.60. The van der Waals surface area contributed by atoms with Crippen LogP contribution < -0.4 is 9.47 Å². The van der Waals surface area contributed by atoms with E-state index >= 15 is 0 Å². The molecule has 1 spiro atoms.